The first-order valence-corrected chi connectivity index (χ1v) is 14.2. The number of fused-ring (bicyclic) bond motifs is 1. The smallest absolute Gasteiger partial charge is 0.418 e. The van der Waals surface area contributed by atoms with E-state index in [2.05, 4.69) is 18.8 Å². The zero-order chi connectivity index (χ0) is 30.7. The Labute approximate surface area is 249 Å². The maximum Gasteiger partial charge on any atom is 0.418 e. The summed E-state index contributed by atoms with van der Waals surface area (Å²) >= 11 is 0. The number of halogens is 3. The van der Waals surface area contributed by atoms with Gasteiger partial charge in [-0.1, -0.05) is 75.4 Å². The number of alkyl halides is 3. The second-order valence-electron chi connectivity index (χ2n) is 10.7. The van der Waals surface area contributed by atoms with Crippen LogP contribution in [-0.2, 0) is 24.0 Å². The molecule has 0 N–H and O–H groups in total. The number of ether oxygens (including phenoxy) is 2. The number of aryl methyl sites for hydroxylation is 1. The lowest BCUT2D eigenvalue weighted by Gasteiger charge is -2.20. The van der Waals surface area contributed by atoms with Gasteiger partial charge in [-0.3, -0.25) is 9.78 Å². The second kappa shape index (κ2) is 12.3. The summed E-state index contributed by atoms with van der Waals surface area (Å²) in [5, 5.41) is 0.414. The highest BCUT2D eigenvalue weighted by atomic mass is 19.4. The molecule has 5 aromatic rings. The molecular formula is C36H32F3NO3. The molecule has 220 valence electrons. The minimum atomic E-state index is -4.55. The molecule has 4 nitrogen and oxygen atoms in total. The fourth-order valence-corrected chi connectivity index (χ4v) is 5.37. The normalized spacial score (nSPS) is 11.6. The van der Waals surface area contributed by atoms with E-state index in [-0.39, 0.29) is 24.0 Å². The third-order valence-electron chi connectivity index (χ3n) is 7.36. The lowest BCUT2D eigenvalue weighted by molar-refractivity contribution is -0.136. The Balaban J connectivity index is 1.60. The van der Waals surface area contributed by atoms with Gasteiger partial charge in [0.2, 0.25) is 0 Å². The Bertz CT molecular complexity index is 1790. The highest BCUT2D eigenvalue weighted by Crippen LogP contribution is 2.43. The number of esters is 1. The Morgan fingerprint density at radius 2 is 1.67 bits per heavy atom. The van der Waals surface area contributed by atoms with E-state index in [9.17, 15) is 18.0 Å². The molecular weight excluding hydrogens is 551 g/mol. The average Bonchev–Trinajstić information content (AvgIpc) is 2.99. The van der Waals surface area contributed by atoms with Crippen molar-refractivity contribution in [1.29, 1.82) is 0 Å². The van der Waals surface area contributed by atoms with Crippen LogP contribution in [0.1, 0.15) is 55.9 Å². The highest BCUT2D eigenvalue weighted by molar-refractivity contribution is 6.03. The molecule has 1 aromatic heterocycles. The molecule has 0 bridgehead atoms. The van der Waals surface area contributed by atoms with Gasteiger partial charge < -0.3 is 9.47 Å². The Kier molecular flexibility index (Phi) is 8.53. The summed E-state index contributed by atoms with van der Waals surface area (Å²) < 4.78 is 53.6. The lowest BCUT2D eigenvalue weighted by Crippen LogP contribution is -2.07. The van der Waals surface area contributed by atoms with Crippen molar-refractivity contribution in [2.75, 3.05) is 0 Å². The summed E-state index contributed by atoms with van der Waals surface area (Å²) in [7, 11) is 0. The molecule has 7 heteroatoms. The van der Waals surface area contributed by atoms with Crippen molar-refractivity contribution in [3.05, 3.63) is 113 Å². The van der Waals surface area contributed by atoms with Crippen molar-refractivity contribution in [3.8, 4) is 33.8 Å². The topological polar surface area (TPSA) is 48.4 Å². The Morgan fingerprint density at radius 1 is 0.907 bits per heavy atom. The zero-order valence-corrected chi connectivity index (χ0v) is 24.5. The summed E-state index contributed by atoms with van der Waals surface area (Å²) in [5.41, 5.74) is 5.05. The van der Waals surface area contributed by atoms with Crippen molar-refractivity contribution < 1.29 is 27.4 Å². The maximum atomic E-state index is 14.0. The number of rotatable bonds is 8. The van der Waals surface area contributed by atoms with Crippen LogP contribution in [0.15, 0.2) is 91.1 Å². The molecule has 5 rings (SSSR count). The van der Waals surface area contributed by atoms with Crippen LogP contribution in [0, 0.1) is 0 Å². The van der Waals surface area contributed by atoms with Gasteiger partial charge >= 0.3 is 12.1 Å². The van der Waals surface area contributed by atoms with E-state index >= 15 is 0 Å². The predicted molar refractivity (Wildman–Crippen MR) is 163 cm³/mol. The van der Waals surface area contributed by atoms with Gasteiger partial charge in [-0.15, -0.1) is 0 Å². The number of aromatic nitrogens is 1. The SMILES string of the molecule is CCc1cc(COc2cccc(-c3c(-c4ccccc4C(C)C)cnc4c(C(F)(F)F)cccc34)c2)ccc1OC(C)=O. The molecule has 4 aromatic carbocycles. The summed E-state index contributed by atoms with van der Waals surface area (Å²) in [6.07, 6.45) is -2.31. The molecule has 0 saturated carbocycles. The number of nitrogens with zero attached hydrogens (tertiary/aromatic N) is 1. The van der Waals surface area contributed by atoms with Crippen LogP contribution in [-0.4, -0.2) is 11.0 Å². The van der Waals surface area contributed by atoms with E-state index in [4.69, 9.17) is 9.47 Å². The maximum absolute atomic E-state index is 14.0. The highest BCUT2D eigenvalue weighted by Gasteiger charge is 2.34. The first kappa shape index (κ1) is 29.8. The first-order valence-electron chi connectivity index (χ1n) is 14.2. The molecule has 0 aliphatic rings. The standard InChI is InChI=1S/C36H32F3NO3/c1-5-25-18-24(16-17-33(25)43-23(4)41)21-42-27-11-8-10-26(19-27)34-30-14-9-15-32(36(37,38)39)35(30)40-20-31(34)29-13-7-6-12-28(29)22(2)3/h6-20,22H,5,21H2,1-4H3. The van der Waals surface area contributed by atoms with E-state index in [0.29, 0.717) is 28.9 Å². The molecule has 0 radical (unpaired) electrons. The van der Waals surface area contributed by atoms with Gasteiger partial charge in [0.15, 0.2) is 0 Å². The van der Waals surface area contributed by atoms with Crippen LogP contribution in [0.2, 0.25) is 0 Å². The van der Waals surface area contributed by atoms with Crippen molar-refractivity contribution in [1.82, 2.24) is 4.98 Å². The molecule has 0 aliphatic carbocycles. The van der Waals surface area contributed by atoms with E-state index < -0.39 is 11.7 Å². The lowest BCUT2D eigenvalue weighted by atomic mass is 9.87. The minimum Gasteiger partial charge on any atom is -0.489 e. The van der Waals surface area contributed by atoms with Gasteiger partial charge in [0.25, 0.3) is 0 Å². The molecule has 43 heavy (non-hydrogen) atoms. The van der Waals surface area contributed by atoms with E-state index in [1.54, 1.807) is 18.3 Å². The van der Waals surface area contributed by atoms with Gasteiger partial charge in [0, 0.05) is 29.6 Å². The molecule has 0 atom stereocenters. The number of benzene rings is 4. The summed E-state index contributed by atoms with van der Waals surface area (Å²) in [6.45, 7) is 7.79. The molecule has 0 saturated heterocycles. The van der Waals surface area contributed by atoms with Crippen molar-refractivity contribution in [2.24, 2.45) is 0 Å². The summed E-state index contributed by atoms with van der Waals surface area (Å²) in [5.74, 6) is 0.908. The molecule has 0 fully saturated rings. The minimum absolute atomic E-state index is 0.0953. The molecule has 1 heterocycles. The van der Waals surface area contributed by atoms with Gasteiger partial charge in [-0.05, 0) is 70.5 Å². The van der Waals surface area contributed by atoms with Crippen molar-refractivity contribution >= 4 is 16.9 Å². The quantitative estimate of drug-likeness (QED) is 0.135. The summed E-state index contributed by atoms with van der Waals surface area (Å²) in [6, 6.07) is 25.0. The van der Waals surface area contributed by atoms with Crippen LogP contribution in [0.25, 0.3) is 33.2 Å². The van der Waals surface area contributed by atoms with Crippen molar-refractivity contribution in [2.45, 2.75) is 52.8 Å². The van der Waals surface area contributed by atoms with Crippen LogP contribution < -0.4 is 9.47 Å². The van der Waals surface area contributed by atoms with Gasteiger partial charge in [-0.2, -0.15) is 13.2 Å². The van der Waals surface area contributed by atoms with Crippen molar-refractivity contribution in [3.63, 3.8) is 0 Å². The first-order chi connectivity index (χ1) is 20.6. The fourth-order valence-electron chi connectivity index (χ4n) is 5.37. The number of pyridine rings is 1. The summed E-state index contributed by atoms with van der Waals surface area (Å²) in [4.78, 5) is 15.8. The van der Waals surface area contributed by atoms with E-state index in [1.807, 2.05) is 67.6 Å². The Hall–Kier alpha value is -4.65. The second-order valence-corrected chi connectivity index (χ2v) is 10.7. The predicted octanol–water partition coefficient (Wildman–Crippen LogP) is 9.78. The zero-order valence-electron chi connectivity index (χ0n) is 24.5. The van der Waals surface area contributed by atoms with Crippen LogP contribution >= 0.6 is 0 Å². The van der Waals surface area contributed by atoms with Gasteiger partial charge in [-0.25, -0.2) is 0 Å². The van der Waals surface area contributed by atoms with E-state index in [0.717, 1.165) is 39.4 Å². The monoisotopic (exact) mass is 583 g/mol. The number of hydrogen-bond donors (Lipinski definition) is 0. The van der Waals surface area contributed by atoms with Crippen LogP contribution in [0.4, 0.5) is 13.2 Å². The molecule has 0 spiro atoms. The molecule has 0 aliphatic heterocycles. The number of para-hydroxylation sites is 1. The molecule has 0 amide bonds. The fraction of sp³-hybridized carbons (Fsp3) is 0.222. The van der Waals surface area contributed by atoms with Gasteiger partial charge in [0.1, 0.15) is 18.1 Å². The Morgan fingerprint density at radius 3 is 2.40 bits per heavy atom. The third-order valence-corrected chi connectivity index (χ3v) is 7.36. The molecule has 0 unspecified atom stereocenters. The van der Waals surface area contributed by atoms with Crippen LogP contribution in [0.3, 0.4) is 0 Å². The van der Waals surface area contributed by atoms with E-state index in [1.165, 1.54) is 13.0 Å². The number of carbonyl (C=O) groups is 1. The third kappa shape index (κ3) is 6.41. The largest absolute Gasteiger partial charge is 0.489 e. The number of hydrogen-bond acceptors (Lipinski definition) is 4. The van der Waals surface area contributed by atoms with Gasteiger partial charge in [0.05, 0.1) is 11.1 Å². The average molecular weight is 584 g/mol. The van der Waals surface area contributed by atoms with Crippen LogP contribution in [0.5, 0.6) is 11.5 Å². The number of carbonyl (C=O) groups excluding carboxylic acids is 1.